The van der Waals surface area contributed by atoms with Crippen LogP contribution in [0.15, 0.2) is 23.1 Å². The molecule has 0 aromatic heterocycles. The number of carbonyl (C=O) groups is 3. The van der Waals surface area contributed by atoms with Crippen molar-refractivity contribution < 1.29 is 28.8 Å². The van der Waals surface area contributed by atoms with E-state index >= 15 is 0 Å². The van der Waals surface area contributed by atoms with Crippen LogP contribution in [0.3, 0.4) is 0 Å². The van der Waals surface area contributed by atoms with Gasteiger partial charge in [-0.2, -0.15) is 0 Å². The molecule has 1 aromatic carbocycles. The van der Waals surface area contributed by atoms with Crippen molar-refractivity contribution in [2.75, 3.05) is 37.7 Å². The van der Waals surface area contributed by atoms with Crippen molar-refractivity contribution in [1.82, 2.24) is 4.90 Å². The van der Waals surface area contributed by atoms with Crippen molar-refractivity contribution in [1.29, 1.82) is 0 Å². The molecule has 0 radical (unpaired) electrons. The number of amides is 2. The van der Waals surface area contributed by atoms with Gasteiger partial charge in [-0.25, -0.2) is 0 Å². The summed E-state index contributed by atoms with van der Waals surface area (Å²) in [7, 11) is 0. The summed E-state index contributed by atoms with van der Waals surface area (Å²) in [6, 6.07) is 4.65. The van der Waals surface area contributed by atoms with E-state index in [1.165, 1.54) is 12.1 Å². The lowest BCUT2D eigenvalue weighted by atomic mass is 10.1. The molecule has 2 fully saturated rings. The number of benzene rings is 1. The molecule has 2 amide bonds. The second-order valence-electron chi connectivity index (χ2n) is 7.08. The molecule has 2 saturated heterocycles. The van der Waals surface area contributed by atoms with Crippen LogP contribution in [-0.4, -0.2) is 65.9 Å². The van der Waals surface area contributed by atoms with E-state index in [9.17, 15) is 24.5 Å². The number of nitro benzene ring substituents is 1. The predicted molar refractivity (Wildman–Crippen MR) is 115 cm³/mol. The van der Waals surface area contributed by atoms with Gasteiger partial charge in [-0.05, 0) is 42.8 Å². The second kappa shape index (κ2) is 9.92. The number of esters is 1. The Morgan fingerprint density at radius 1 is 1.35 bits per heavy atom. The number of nitrogens with zero attached hydrogens (tertiary/aromatic N) is 3. The summed E-state index contributed by atoms with van der Waals surface area (Å²) in [6.45, 7) is 5.18. The van der Waals surface area contributed by atoms with E-state index in [0.717, 1.165) is 4.90 Å². The number of ether oxygens (including phenoxy) is 2. The Hall–Kier alpha value is -2.92. The van der Waals surface area contributed by atoms with Gasteiger partial charge in [0.1, 0.15) is 12.2 Å². The highest BCUT2D eigenvalue weighted by atomic mass is 32.2. The maximum atomic E-state index is 12.6. The molecular formula is C20H23N3O7S. The Morgan fingerprint density at radius 3 is 2.71 bits per heavy atom. The molecule has 0 aliphatic carbocycles. The summed E-state index contributed by atoms with van der Waals surface area (Å²) in [4.78, 5) is 50.7. The lowest BCUT2D eigenvalue weighted by Crippen LogP contribution is -2.36. The molecule has 1 atom stereocenters. The molecule has 0 spiro atoms. The predicted octanol–water partition coefficient (Wildman–Crippen LogP) is 2.81. The zero-order valence-electron chi connectivity index (χ0n) is 17.2. The van der Waals surface area contributed by atoms with Gasteiger partial charge < -0.3 is 14.4 Å². The lowest BCUT2D eigenvalue weighted by Gasteiger charge is -2.28. The van der Waals surface area contributed by atoms with Gasteiger partial charge in [0, 0.05) is 19.2 Å². The largest absolute Gasteiger partial charge is 0.461 e. The Kier molecular flexibility index (Phi) is 7.29. The number of carbonyl (C=O) groups excluding carboxylic acids is 3. The number of hydrogen-bond acceptors (Lipinski definition) is 9. The van der Waals surface area contributed by atoms with Crippen LogP contribution in [0.5, 0.6) is 0 Å². The fourth-order valence-electron chi connectivity index (χ4n) is 3.11. The SMILES string of the molecule is CC[C@H](C)OC(=O)CN1C(=O)S/C(=C\c2ccc(N3CCOCC3)c([N+](=O)[O-])c2)C1=O. The molecular weight excluding hydrogens is 426 g/mol. The quantitative estimate of drug-likeness (QED) is 0.268. The Balaban J connectivity index is 1.78. The number of hydrogen-bond donors (Lipinski definition) is 0. The molecule has 0 unspecified atom stereocenters. The lowest BCUT2D eigenvalue weighted by molar-refractivity contribution is -0.384. The third-order valence-corrected chi connectivity index (χ3v) is 5.82. The van der Waals surface area contributed by atoms with Crippen LogP contribution in [0.25, 0.3) is 6.08 Å². The molecule has 0 N–H and O–H groups in total. The van der Waals surface area contributed by atoms with Gasteiger partial charge in [0.05, 0.1) is 29.1 Å². The molecule has 2 aliphatic heterocycles. The fraction of sp³-hybridized carbons (Fsp3) is 0.450. The first-order valence-corrected chi connectivity index (χ1v) is 10.7. The van der Waals surface area contributed by atoms with E-state index in [2.05, 4.69) is 0 Å². The molecule has 0 saturated carbocycles. The molecule has 3 rings (SSSR count). The average Bonchev–Trinajstić information content (AvgIpc) is 3.01. The van der Waals surface area contributed by atoms with Gasteiger partial charge in [-0.3, -0.25) is 29.4 Å². The molecule has 31 heavy (non-hydrogen) atoms. The Labute approximate surface area is 183 Å². The van der Waals surface area contributed by atoms with Crippen LogP contribution in [0.2, 0.25) is 0 Å². The topological polar surface area (TPSA) is 119 Å². The van der Waals surface area contributed by atoms with E-state index in [1.54, 1.807) is 19.1 Å². The first-order valence-electron chi connectivity index (χ1n) is 9.86. The maximum Gasteiger partial charge on any atom is 0.326 e. The van der Waals surface area contributed by atoms with Crippen LogP contribution in [0, 0.1) is 10.1 Å². The summed E-state index contributed by atoms with van der Waals surface area (Å²) in [5.41, 5.74) is 0.801. The van der Waals surface area contributed by atoms with Gasteiger partial charge in [0.15, 0.2) is 0 Å². The molecule has 10 nitrogen and oxygen atoms in total. The zero-order valence-corrected chi connectivity index (χ0v) is 18.1. The van der Waals surface area contributed by atoms with Crippen molar-refractivity contribution in [2.45, 2.75) is 26.4 Å². The van der Waals surface area contributed by atoms with Gasteiger partial charge in [-0.1, -0.05) is 13.0 Å². The van der Waals surface area contributed by atoms with Crippen molar-refractivity contribution in [3.05, 3.63) is 38.8 Å². The summed E-state index contributed by atoms with van der Waals surface area (Å²) in [6.07, 6.45) is 1.72. The van der Waals surface area contributed by atoms with E-state index in [4.69, 9.17) is 9.47 Å². The monoisotopic (exact) mass is 449 g/mol. The molecule has 2 heterocycles. The van der Waals surface area contributed by atoms with Crippen LogP contribution in [0.4, 0.5) is 16.2 Å². The highest BCUT2D eigenvalue weighted by Gasteiger charge is 2.37. The number of nitro groups is 1. The number of morpholine rings is 1. The highest BCUT2D eigenvalue weighted by Crippen LogP contribution is 2.35. The van der Waals surface area contributed by atoms with Crippen LogP contribution in [0.1, 0.15) is 25.8 Å². The Morgan fingerprint density at radius 2 is 2.06 bits per heavy atom. The summed E-state index contributed by atoms with van der Waals surface area (Å²) >= 11 is 0.684. The highest BCUT2D eigenvalue weighted by molar-refractivity contribution is 8.18. The maximum absolute atomic E-state index is 12.6. The van der Waals surface area contributed by atoms with Crippen LogP contribution < -0.4 is 4.90 Å². The number of thioether (sulfide) groups is 1. The minimum Gasteiger partial charge on any atom is -0.461 e. The summed E-state index contributed by atoms with van der Waals surface area (Å²) < 4.78 is 10.4. The molecule has 1 aromatic rings. The number of imide groups is 1. The van der Waals surface area contributed by atoms with Gasteiger partial charge in [0.2, 0.25) is 0 Å². The minimum absolute atomic E-state index is 0.0907. The van der Waals surface area contributed by atoms with Crippen LogP contribution in [-0.2, 0) is 19.1 Å². The molecule has 166 valence electrons. The van der Waals surface area contributed by atoms with Gasteiger partial charge >= 0.3 is 5.97 Å². The molecule has 2 aliphatic rings. The average molecular weight is 449 g/mol. The first kappa shape index (κ1) is 22.8. The third-order valence-electron chi connectivity index (χ3n) is 4.91. The van der Waals surface area contributed by atoms with Gasteiger partial charge in [0.25, 0.3) is 16.8 Å². The van der Waals surface area contributed by atoms with E-state index in [1.807, 2.05) is 11.8 Å². The zero-order chi connectivity index (χ0) is 22.5. The molecule has 0 bridgehead atoms. The third kappa shape index (κ3) is 5.42. The number of rotatable bonds is 7. The normalized spacial score (nSPS) is 19.1. The fourth-order valence-corrected chi connectivity index (χ4v) is 3.95. The van der Waals surface area contributed by atoms with Crippen molar-refractivity contribution in [3.8, 4) is 0 Å². The minimum atomic E-state index is -0.664. The first-order chi connectivity index (χ1) is 14.8. The van der Waals surface area contributed by atoms with Crippen LogP contribution >= 0.6 is 11.8 Å². The molecule has 11 heteroatoms. The second-order valence-corrected chi connectivity index (χ2v) is 8.07. The van der Waals surface area contributed by atoms with Crippen molar-refractivity contribution in [3.63, 3.8) is 0 Å². The standard InChI is InChI=1S/C20H23N3O7S/c1-3-13(2)30-18(24)12-22-19(25)17(31-20(22)26)11-14-4-5-15(16(10-14)23(27)28)21-6-8-29-9-7-21/h4-5,10-11,13H,3,6-9,12H2,1-2H3/b17-11-/t13-/m0/s1. The van der Waals surface area contributed by atoms with E-state index in [0.29, 0.717) is 55.7 Å². The van der Waals surface area contributed by atoms with Crippen molar-refractivity contribution in [2.24, 2.45) is 0 Å². The van der Waals surface area contributed by atoms with Gasteiger partial charge in [-0.15, -0.1) is 0 Å². The number of anilines is 1. The Bertz CT molecular complexity index is 927. The summed E-state index contributed by atoms with van der Waals surface area (Å²) in [5.74, 6) is -1.29. The van der Waals surface area contributed by atoms with Crippen molar-refractivity contribution >= 4 is 46.3 Å². The summed E-state index contributed by atoms with van der Waals surface area (Å²) in [5, 5.41) is 11.0. The van der Waals surface area contributed by atoms with E-state index in [-0.39, 0.29) is 16.7 Å². The smallest absolute Gasteiger partial charge is 0.326 e. The van der Waals surface area contributed by atoms with E-state index < -0.39 is 28.6 Å².